The lowest BCUT2D eigenvalue weighted by atomic mass is 9.78. The summed E-state index contributed by atoms with van der Waals surface area (Å²) in [6.07, 6.45) is 1.27. The lowest BCUT2D eigenvalue weighted by Gasteiger charge is -2.30. The second kappa shape index (κ2) is 10.8. The van der Waals surface area contributed by atoms with E-state index in [9.17, 15) is 4.79 Å². The first kappa shape index (κ1) is 25.7. The Morgan fingerprint density at radius 3 is 2.32 bits per heavy atom. The number of fused-ring (bicyclic) bond motifs is 1. The summed E-state index contributed by atoms with van der Waals surface area (Å²) < 4.78 is 12.0. The smallest absolute Gasteiger partial charge is 0.163 e. The van der Waals surface area contributed by atoms with Crippen LogP contribution in [-0.2, 0) is 4.79 Å². The first-order valence-corrected chi connectivity index (χ1v) is 13.4. The van der Waals surface area contributed by atoms with E-state index in [1.54, 1.807) is 0 Å². The number of allylic oxidation sites excluding steroid dienone is 1. The minimum absolute atomic E-state index is 0.0325. The summed E-state index contributed by atoms with van der Waals surface area (Å²) in [4.78, 5) is 16.0. The molecule has 2 atom stereocenters. The summed E-state index contributed by atoms with van der Waals surface area (Å²) >= 11 is 0. The fourth-order valence-electron chi connectivity index (χ4n) is 5.35. The van der Waals surface area contributed by atoms with E-state index in [1.165, 1.54) is 5.56 Å². The van der Waals surface area contributed by atoms with Gasteiger partial charge in [0, 0.05) is 37.5 Å². The molecule has 0 saturated heterocycles. The van der Waals surface area contributed by atoms with Crippen molar-refractivity contribution < 1.29 is 14.3 Å². The highest BCUT2D eigenvalue weighted by Gasteiger charge is 2.36. The Bertz CT molecular complexity index is 1340. The summed E-state index contributed by atoms with van der Waals surface area (Å²) in [5.41, 5.74) is 7.02. The summed E-state index contributed by atoms with van der Waals surface area (Å²) in [6.45, 7) is 6.50. The van der Waals surface area contributed by atoms with Crippen molar-refractivity contribution in [2.45, 2.75) is 51.7 Å². The molecule has 198 valence electrons. The van der Waals surface area contributed by atoms with Crippen LogP contribution in [0.5, 0.6) is 11.5 Å². The zero-order chi connectivity index (χ0) is 26.8. The molecule has 38 heavy (non-hydrogen) atoms. The maximum absolute atomic E-state index is 13.9. The molecule has 1 aliphatic heterocycles. The Morgan fingerprint density at radius 2 is 1.63 bits per heavy atom. The SMILES string of the molecule is CCOc1cc(C2Nc3ccccc3NC3=C2C(=O)CC(c2ccc(N(C)C)cc2)C3)ccc1OC(C)C. The van der Waals surface area contributed by atoms with E-state index < -0.39 is 0 Å². The molecule has 0 bridgehead atoms. The number of hydrogen-bond acceptors (Lipinski definition) is 6. The summed E-state index contributed by atoms with van der Waals surface area (Å²) in [5, 5.41) is 7.30. The number of rotatable bonds is 7. The van der Waals surface area contributed by atoms with E-state index in [0.717, 1.165) is 40.3 Å². The fraction of sp³-hybridized carbons (Fsp3) is 0.344. The fourth-order valence-corrected chi connectivity index (χ4v) is 5.35. The third-order valence-corrected chi connectivity index (χ3v) is 7.15. The number of nitrogens with one attached hydrogen (secondary N) is 2. The van der Waals surface area contributed by atoms with Gasteiger partial charge in [-0.1, -0.05) is 30.3 Å². The van der Waals surface area contributed by atoms with Gasteiger partial charge in [-0.15, -0.1) is 0 Å². The van der Waals surface area contributed by atoms with Gasteiger partial charge in [0.15, 0.2) is 17.3 Å². The van der Waals surface area contributed by atoms with Crippen LogP contribution in [0.3, 0.4) is 0 Å². The molecule has 1 aliphatic carbocycles. The average molecular weight is 512 g/mol. The molecule has 3 aromatic rings. The van der Waals surface area contributed by atoms with E-state index in [1.807, 2.05) is 65.2 Å². The first-order valence-electron chi connectivity index (χ1n) is 13.4. The highest BCUT2D eigenvalue weighted by atomic mass is 16.5. The highest BCUT2D eigenvalue weighted by molar-refractivity contribution is 6.01. The number of benzene rings is 3. The Morgan fingerprint density at radius 1 is 0.921 bits per heavy atom. The van der Waals surface area contributed by atoms with Crippen molar-refractivity contribution in [2.24, 2.45) is 0 Å². The number of carbonyl (C=O) groups excluding carboxylic acids is 1. The third kappa shape index (κ3) is 5.21. The maximum atomic E-state index is 13.9. The second-order valence-electron chi connectivity index (χ2n) is 10.5. The molecule has 1 heterocycles. The van der Waals surface area contributed by atoms with E-state index in [0.29, 0.717) is 24.5 Å². The Labute approximate surface area is 225 Å². The van der Waals surface area contributed by atoms with Crippen molar-refractivity contribution in [3.8, 4) is 11.5 Å². The van der Waals surface area contributed by atoms with Crippen LogP contribution in [0.1, 0.15) is 56.7 Å². The third-order valence-electron chi connectivity index (χ3n) is 7.15. The number of hydrogen-bond donors (Lipinski definition) is 2. The van der Waals surface area contributed by atoms with Crippen LogP contribution in [0.25, 0.3) is 0 Å². The van der Waals surface area contributed by atoms with Crippen LogP contribution >= 0.6 is 0 Å². The molecule has 0 amide bonds. The van der Waals surface area contributed by atoms with Gasteiger partial charge in [0.2, 0.25) is 0 Å². The molecule has 5 rings (SSSR count). The Hall–Kier alpha value is -3.93. The van der Waals surface area contributed by atoms with Gasteiger partial charge >= 0.3 is 0 Å². The molecule has 0 saturated carbocycles. The number of para-hydroxylation sites is 2. The number of ketones is 1. The molecular weight excluding hydrogens is 474 g/mol. The molecule has 6 heteroatoms. The number of nitrogens with zero attached hydrogens (tertiary/aromatic N) is 1. The van der Waals surface area contributed by atoms with Crippen molar-refractivity contribution in [1.29, 1.82) is 0 Å². The van der Waals surface area contributed by atoms with E-state index in [-0.39, 0.29) is 23.8 Å². The predicted molar refractivity (Wildman–Crippen MR) is 155 cm³/mol. The molecule has 0 aromatic heterocycles. The normalized spacial score (nSPS) is 18.6. The van der Waals surface area contributed by atoms with E-state index in [4.69, 9.17) is 9.47 Å². The van der Waals surface area contributed by atoms with Crippen molar-refractivity contribution >= 4 is 22.8 Å². The summed E-state index contributed by atoms with van der Waals surface area (Å²) in [7, 11) is 4.07. The minimum Gasteiger partial charge on any atom is -0.490 e. The van der Waals surface area contributed by atoms with Gasteiger partial charge in [0.05, 0.1) is 30.1 Å². The van der Waals surface area contributed by atoms with Crippen LogP contribution < -0.4 is 25.0 Å². The number of Topliss-reactive ketones (excluding diaryl/α,β-unsaturated/α-hetero) is 1. The van der Waals surface area contributed by atoms with Gasteiger partial charge in [-0.05, 0) is 80.6 Å². The van der Waals surface area contributed by atoms with E-state index in [2.05, 4.69) is 51.9 Å². The Balaban J connectivity index is 1.56. The van der Waals surface area contributed by atoms with Gasteiger partial charge in [0.25, 0.3) is 0 Å². The second-order valence-corrected chi connectivity index (χ2v) is 10.5. The predicted octanol–water partition coefficient (Wildman–Crippen LogP) is 6.92. The maximum Gasteiger partial charge on any atom is 0.163 e. The lowest BCUT2D eigenvalue weighted by Crippen LogP contribution is -2.27. The number of ether oxygens (including phenoxy) is 2. The molecule has 6 nitrogen and oxygen atoms in total. The van der Waals surface area contributed by atoms with Crippen LogP contribution in [0.4, 0.5) is 17.1 Å². The quantitative estimate of drug-likeness (QED) is 0.359. The van der Waals surface area contributed by atoms with Crippen molar-refractivity contribution in [3.05, 3.63) is 89.1 Å². The van der Waals surface area contributed by atoms with Gasteiger partial charge < -0.3 is 25.0 Å². The van der Waals surface area contributed by atoms with Crippen LogP contribution in [-0.4, -0.2) is 32.6 Å². The summed E-state index contributed by atoms with van der Waals surface area (Å²) in [5.74, 6) is 1.68. The molecule has 0 fully saturated rings. The molecule has 3 aromatic carbocycles. The van der Waals surface area contributed by atoms with Gasteiger partial charge in [-0.3, -0.25) is 4.79 Å². The van der Waals surface area contributed by atoms with Crippen LogP contribution in [0, 0.1) is 0 Å². The standard InChI is InChI=1S/C32H37N3O3/c1-6-37-30-19-22(13-16-29(30)38-20(2)3)32-31-27(33-25-9-7-8-10-26(25)34-32)17-23(18-28(31)36)21-11-14-24(15-12-21)35(4)5/h7-16,19-20,23,32-34H,6,17-18H2,1-5H3. The molecule has 2 unspecified atom stereocenters. The molecule has 0 spiro atoms. The Kier molecular flexibility index (Phi) is 7.32. The van der Waals surface area contributed by atoms with Crippen molar-refractivity contribution in [1.82, 2.24) is 0 Å². The van der Waals surface area contributed by atoms with Crippen molar-refractivity contribution in [2.75, 3.05) is 36.2 Å². The molecule has 2 aliphatic rings. The molecule has 0 radical (unpaired) electrons. The number of carbonyl (C=O) groups is 1. The van der Waals surface area contributed by atoms with Crippen molar-refractivity contribution in [3.63, 3.8) is 0 Å². The average Bonchev–Trinajstić information content (AvgIpc) is 3.06. The largest absolute Gasteiger partial charge is 0.490 e. The van der Waals surface area contributed by atoms with Crippen LogP contribution in [0.15, 0.2) is 78.0 Å². The zero-order valence-electron chi connectivity index (χ0n) is 22.9. The molecule has 2 N–H and O–H groups in total. The summed E-state index contributed by atoms with van der Waals surface area (Å²) in [6, 6.07) is 22.4. The first-order chi connectivity index (χ1) is 18.3. The van der Waals surface area contributed by atoms with E-state index >= 15 is 0 Å². The monoisotopic (exact) mass is 511 g/mol. The topological polar surface area (TPSA) is 62.8 Å². The zero-order valence-corrected chi connectivity index (χ0v) is 22.9. The van der Waals surface area contributed by atoms with Gasteiger partial charge in [-0.2, -0.15) is 0 Å². The minimum atomic E-state index is -0.307. The molecular formula is C32H37N3O3. The highest BCUT2D eigenvalue weighted by Crippen LogP contribution is 2.45. The van der Waals surface area contributed by atoms with Gasteiger partial charge in [-0.25, -0.2) is 0 Å². The van der Waals surface area contributed by atoms with Gasteiger partial charge in [0.1, 0.15) is 0 Å². The lowest BCUT2D eigenvalue weighted by molar-refractivity contribution is -0.116. The van der Waals surface area contributed by atoms with Crippen LogP contribution in [0.2, 0.25) is 0 Å². The number of anilines is 3.